The van der Waals surface area contributed by atoms with Gasteiger partial charge in [-0.05, 0) is 145 Å². The van der Waals surface area contributed by atoms with Crippen molar-refractivity contribution < 1.29 is 0 Å². The molecule has 0 radical (unpaired) electrons. The van der Waals surface area contributed by atoms with E-state index in [9.17, 15) is 0 Å². The molecule has 0 saturated carbocycles. The van der Waals surface area contributed by atoms with Crippen molar-refractivity contribution in [1.29, 1.82) is 0 Å². The molecule has 408 valence electrons. The van der Waals surface area contributed by atoms with Crippen LogP contribution in [0, 0.1) is 0 Å². The maximum absolute atomic E-state index is 5.62. The molecule has 13 aromatic carbocycles. The maximum Gasteiger partial charge on any atom is 0.160 e. The number of nitrogens with zero attached hydrogens (tertiary/aromatic N) is 5. The summed E-state index contributed by atoms with van der Waals surface area (Å²) in [4.78, 5) is 11.0. The van der Waals surface area contributed by atoms with E-state index in [4.69, 9.17) is 9.97 Å². The van der Waals surface area contributed by atoms with E-state index in [0.717, 1.165) is 55.9 Å². The van der Waals surface area contributed by atoms with Crippen LogP contribution < -0.4 is 0 Å². The van der Waals surface area contributed by atoms with Gasteiger partial charge in [-0.3, -0.25) is 0 Å². The van der Waals surface area contributed by atoms with Gasteiger partial charge in [0, 0.05) is 126 Å². The standard InChI is InChI=1S/C80H45N5S3/c1-7-22-61-53(16-1)73-64(38-41-70-76(73)56-19-4-10-25-67(56)86-70)83(61)50-33-28-46(29-34-50)79-59-45-49(48-14-13-15-52(44-48)85-63-24-9-3-18-55(63)75-66(85)40-43-72-78(75)58-21-6-12-27-69(58)88-72)32-37-60(59)81-80(82-79)47-30-35-51(36-31-47)84-62-23-8-2-17-54(62)74-65(84)39-42-71-77(74)57-20-5-11-26-68(57)87-71/h1-45H. The Labute approximate surface area is 514 Å². The molecule has 0 fully saturated rings. The molecular weight excluding hydrogens is 1130 g/mol. The fourth-order valence-corrected chi connectivity index (χ4v) is 18.0. The number of hydrogen-bond donors (Lipinski definition) is 0. The van der Waals surface area contributed by atoms with Gasteiger partial charge in [-0.25, -0.2) is 9.97 Å². The van der Waals surface area contributed by atoms with Crippen LogP contribution in [0.5, 0.6) is 0 Å². The lowest BCUT2D eigenvalue weighted by atomic mass is 9.99. The molecule has 5 nitrogen and oxygen atoms in total. The molecular formula is C80H45N5S3. The zero-order valence-electron chi connectivity index (χ0n) is 46.9. The van der Waals surface area contributed by atoms with Gasteiger partial charge in [0.1, 0.15) is 0 Å². The lowest BCUT2D eigenvalue weighted by molar-refractivity contribution is 1.17. The molecule has 0 bridgehead atoms. The molecule has 20 aromatic rings. The molecule has 0 unspecified atom stereocenters. The van der Waals surface area contributed by atoms with Crippen LogP contribution in [0.25, 0.3) is 188 Å². The number of aromatic nitrogens is 5. The first kappa shape index (κ1) is 48.5. The average molecular weight is 1170 g/mol. The van der Waals surface area contributed by atoms with Gasteiger partial charge in [-0.1, -0.05) is 140 Å². The summed E-state index contributed by atoms with van der Waals surface area (Å²) in [5, 5.41) is 16.5. The van der Waals surface area contributed by atoms with Crippen molar-refractivity contribution in [3.8, 4) is 50.8 Å². The monoisotopic (exact) mass is 1170 g/mol. The van der Waals surface area contributed by atoms with E-state index in [1.54, 1.807) is 0 Å². The Bertz CT molecular complexity index is 6370. The van der Waals surface area contributed by atoms with Crippen molar-refractivity contribution in [3.63, 3.8) is 0 Å². The number of hydrogen-bond acceptors (Lipinski definition) is 5. The maximum atomic E-state index is 5.62. The molecule has 0 atom stereocenters. The molecule has 0 aliphatic carbocycles. The summed E-state index contributed by atoms with van der Waals surface area (Å²) in [6.07, 6.45) is 0. The topological polar surface area (TPSA) is 40.6 Å². The Balaban J connectivity index is 0.749. The second-order valence-corrected chi connectivity index (χ2v) is 26.4. The van der Waals surface area contributed by atoms with Crippen LogP contribution in [0.4, 0.5) is 0 Å². The zero-order chi connectivity index (χ0) is 57.3. The number of rotatable bonds is 6. The van der Waals surface area contributed by atoms with E-state index in [2.05, 4.69) is 287 Å². The van der Waals surface area contributed by atoms with Gasteiger partial charge >= 0.3 is 0 Å². The summed E-state index contributed by atoms with van der Waals surface area (Å²) < 4.78 is 15.1. The van der Waals surface area contributed by atoms with Crippen molar-refractivity contribution in [2.24, 2.45) is 0 Å². The van der Waals surface area contributed by atoms with Crippen molar-refractivity contribution in [2.45, 2.75) is 0 Å². The minimum Gasteiger partial charge on any atom is -0.309 e. The fraction of sp³-hybridized carbons (Fsp3) is 0. The molecule has 88 heavy (non-hydrogen) atoms. The van der Waals surface area contributed by atoms with Crippen molar-refractivity contribution in [3.05, 3.63) is 273 Å². The second-order valence-electron chi connectivity index (χ2n) is 23.1. The van der Waals surface area contributed by atoms with E-state index in [0.29, 0.717) is 5.82 Å². The van der Waals surface area contributed by atoms with E-state index < -0.39 is 0 Å². The van der Waals surface area contributed by atoms with Crippen LogP contribution in [0.2, 0.25) is 0 Å². The first-order valence-electron chi connectivity index (χ1n) is 29.8. The van der Waals surface area contributed by atoms with Gasteiger partial charge in [-0.15, -0.1) is 34.0 Å². The van der Waals surface area contributed by atoms with Crippen LogP contribution in [-0.2, 0) is 0 Å². The molecule has 0 N–H and O–H groups in total. The van der Waals surface area contributed by atoms with Crippen LogP contribution in [0.1, 0.15) is 0 Å². The second kappa shape index (κ2) is 18.4. The van der Waals surface area contributed by atoms with Gasteiger partial charge in [-0.2, -0.15) is 0 Å². The Hall–Kier alpha value is -10.7. The molecule has 7 heterocycles. The average Bonchev–Trinajstić information content (AvgIpc) is 1.81. The van der Waals surface area contributed by atoms with E-state index >= 15 is 0 Å². The Morgan fingerprint density at radius 1 is 0.227 bits per heavy atom. The first-order valence-corrected chi connectivity index (χ1v) is 32.2. The molecule has 7 aromatic heterocycles. The third-order valence-electron chi connectivity index (χ3n) is 18.4. The van der Waals surface area contributed by atoms with Crippen LogP contribution in [-0.4, -0.2) is 23.7 Å². The molecule has 20 rings (SSSR count). The minimum atomic E-state index is 0.676. The number of benzene rings is 13. The van der Waals surface area contributed by atoms with E-state index in [-0.39, 0.29) is 0 Å². The quantitative estimate of drug-likeness (QED) is 0.166. The zero-order valence-corrected chi connectivity index (χ0v) is 49.4. The van der Waals surface area contributed by atoms with Gasteiger partial charge in [0.05, 0.1) is 44.3 Å². The predicted octanol–water partition coefficient (Wildman–Crippen LogP) is 23.0. The Morgan fingerprint density at radius 3 is 1.10 bits per heavy atom. The van der Waals surface area contributed by atoms with Crippen LogP contribution in [0.3, 0.4) is 0 Å². The summed E-state index contributed by atoms with van der Waals surface area (Å²) in [5.41, 5.74) is 16.4. The molecule has 0 amide bonds. The van der Waals surface area contributed by atoms with E-state index in [1.807, 2.05) is 34.0 Å². The SMILES string of the molecule is c1cc(-c2ccc3nc(-c4ccc(-n5c6ccccc6c6c7c(ccc65)sc5ccccc57)cc4)nc(-c4ccc(-n5c6ccccc6c6c7c(ccc65)sc5ccccc57)cc4)c3c2)cc(-n2c3ccccc3c3c4c(ccc32)sc2ccccc24)c1. The third-order valence-corrected chi connectivity index (χ3v) is 21.9. The van der Waals surface area contributed by atoms with E-state index in [1.165, 1.54) is 126 Å². The molecule has 0 spiro atoms. The van der Waals surface area contributed by atoms with Crippen LogP contribution >= 0.6 is 34.0 Å². The highest BCUT2D eigenvalue weighted by Gasteiger charge is 2.23. The molecule has 0 saturated heterocycles. The lowest BCUT2D eigenvalue weighted by Gasteiger charge is -2.14. The van der Waals surface area contributed by atoms with Crippen molar-refractivity contribution >= 4 is 171 Å². The molecule has 0 aliphatic heterocycles. The summed E-state index contributed by atoms with van der Waals surface area (Å²) in [6.45, 7) is 0. The van der Waals surface area contributed by atoms with Gasteiger partial charge in [0.15, 0.2) is 5.82 Å². The Kier molecular flexibility index (Phi) is 10.1. The summed E-state index contributed by atoms with van der Waals surface area (Å²) in [6, 6.07) is 100. The highest BCUT2D eigenvalue weighted by molar-refractivity contribution is 7.27. The minimum absolute atomic E-state index is 0.676. The highest BCUT2D eigenvalue weighted by Crippen LogP contribution is 2.48. The number of para-hydroxylation sites is 3. The predicted molar refractivity (Wildman–Crippen MR) is 378 cm³/mol. The summed E-state index contributed by atoms with van der Waals surface area (Å²) >= 11 is 5.61. The fourth-order valence-electron chi connectivity index (χ4n) is 14.7. The van der Waals surface area contributed by atoms with Crippen molar-refractivity contribution in [1.82, 2.24) is 23.7 Å². The van der Waals surface area contributed by atoms with Crippen molar-refractivity contribution in [2.75, 3.05) is 0 Å². The molecule has 8 heteroatoms. The van der Waals surface area contributed by atoms with Gasteiger partial charge in [0.2, 0.25) is 0 Å². The summed E-state index contributed by atoms with van der Waals surface area (Å²) in [5.74, 6) is 0.676. The normalized spacial score (nSPS) is 12.3. The number of thiophene rings is 3. The first-order chi connectivity index (χ1) is 43.6. The number of fused-ring (bicyclic) bond motifs is 22. The highest BCUT2D eigenvalue weighted by atomic mass is 32.1. The third kappa shape index (κ3) is 6.90. The van der Waals surface area contributed by atoms with Crippen LogP contribution in [0.15, 0.2) is 273 Å². The van der Waals surface area contributed by atoms with Gasteiger partial charge < -0.3 is 13.7 Å². The Morgan fingerprint density at radius 2 is 0.625 bits per heavy atom. The molecule has 0 aliphatic rings. The van der Waals surface area contributed by atoms with Gasteiger partial charge in [0.25, 0.3) is 0 Å². The summed E-state index contributed by atoms with van der Waals surface area (Å²) in [7, 11) is 0. The largest absolute Gasteiger partial charge is 0.309 e. The smallest absolute Gasteiger partial charge is 0.160 e. The lowest BCUT2D eigenvalue weighted by Crippen LogP contribution is -1.98.